The molecule has 0 radical (unpaired) electrons. The lowest BCUT2D eigenvalue weighted by Gasteiger charge is -2.26. The first-order valence-corrected chi connectivity index (χ1v) is 7.30. The number of hydrogen-bond donors (Lipinski definition) is 3. The van der Waals surface area contributed by atoms with E-state index in [0.717, 1.165) is 0 Å². The van der Waals surface area contributed by atoms with Gasteiger partial charge in [0.2, 0.25) is 0 Å². The first-order valence-electron chi connectivity index (χ1n) is 6.16. The van der Waals surface area contributed by atoms with Crippen molar-refractivity contribution in [2.45, 2.75) is 32.2 Å². The van der Waals surface area contributed by atoms with E-state index in [1.54, 1.807) is 0 Å². The summed E-state index contributed by atoms with van der Waals surface area (Å²) in [7, 11) is 0. The highest BCUT2D eigenvalue weighted by molar-refractivity contribution is 6.44. The summed E-state index contributed by atoms with van der Waals surface area (Å²) in [5, 5.41) is 14.8. The highest BCUT2D eigenvalue weighted by atomic mass is 35.5. The Kier molecular flexibility index (Phi) is 6.13. The van der Waals surface area contributed by atoms with Gasteiger partial charge in [-0.15, -0.1) is 0 Å². The molecule has 0 spiro atoms. The predicted molar refractivity (Wildman–Crippen MR) is 84.6 cm³/mol. The van der Waals surface area contributed by atoms with Crippen molar-refractivity contribution in [1.82, 2.24) is 5.32 Å². The summed E-state index contributed by atoms with van der Waals surface area (Å²) in [4.78, 5) is 23.2. The highest BCUT2D eigenvalue weighted by Gasteiger charge is 2.33. The Balaban J connectivity index is 2.87. The Labute approximate surface area is 137 Å². The molecule has 0 heterocycles. The number of benzene rings is 1. The molecule has 0 aliphatic rings. The zero-order valence-electron chi connectivity index (χ0n) is 11.5. The van der Waals surface area contributed by atoms with E-state index in [4.69, 9.17) is 34.8 Å². The first kappa shape index (κ1) is 17.9. The lowest BCUT2D eigenvalue weighted by molar-refractivity contribution is -0.143. The zero-order chi connectivity index (χ0) is 16.2. The van der Waals surface area contributed by atoms with Crippen molar-refractivity contribution in [1.29, 1.82) is 0 Å². The molecule has 0 fully saturated rings. The van der Waals surface area contributed by atoms with Gasteiger partial charge in [-0.3, -0.25) is 0 Å². The number of hydrogen-bond acceptors (Lipinski definition) is 2. The monoisotopic (exact) mass is 352 g/mol. The molecule has 21 heavy (non-hydrogen) atoms. The molecule has 1 aromatic carbocycles. The minimum atomic E-state index is -1.36. The van der Waals surface area contributed by atoms with E-state index < -0.39 is 17.5 Å². The van der Waals surface area contributed by atoms with Gasteiger partial charge >= 0.3 is 12.0 Å². The van der Waals surface area contributed by atoms with Crippen LogP contribution in [0.4, 0.5) is 10.5 Å². The standard InChI is InChI=1S/C13H15Cl3N2O3/c1-3-4-13(2,11(19)20)18-12(21)17-10-6-8(15)7(14)5-9(10)16/h5-6H,3-4H2,1-2H3,(H,19,20)(H2,17,18,21). The third-order valence-corrected chi connectivity index (χ3v) is 3.90. The smallest absolute Gasteiger partial charge is 0.329 e. The number of carboxylic acids is 1. The summed E-state index contributed by atoms with van der Waals surface area (Å²) < 4.78 is 0. The van der Waals surface area contributed by atoms with Gasteiger partial charge in [0.05, 0.1) is 20.8 Å². The van der Waals surface area contributed by atoms with Crippen LogP contribution in [0.1, 0.15) is 26.7 Å². The van der Waals surface area contributed by atoms with Crippen LogP contribution in [0.15, 0.2) is 12.1 Å². The van der Waals surface area contributed by atoms with Gasteiger partial charge in [-0.2, -0.15) is 0 Å². The first-order chi connectivity index (χ1) is 9.69. The number of nitrogens with one attached hydrogen (secondary N) is 2. The molecule has 0 bridgehead atoms. The van der Waals surface area contributed by atoms with E-state index in [1.165, 1.54) is 19.1 Å². The topological polar surface area (TPSA) is 78.4 Å². The maximum absolute atomic E-state index is 11.9. The maximum Gasteiger partial charge on any atom is 0.329 e. The number of halogens is 3. The van der Waals surface area contributed by atoms with Crippen LogP contribution >= 0.6 is 34.8 Å². The van der Waals surface area contributed by atoms with Gasteiger partial charge in [0, 0.05) is 0 Å². The fourth-order valence-corrected chi connectivity index (χ4v) is 2.34. The summed E-state index contributed by atoms with van der Waals surface area (Å²) in [5.74, 6) is -1.11. The molecule has 3 N–H and O–H groups in total. The molecule has 0 aliphatic carbocycles. The second-order valence-electron chi connectivity index (χ2n) is 4.71. The van der Waals surface area contributed by atoms with E-state index in [0.29, 0.717) is 12.8 Å². The molecule has 1 unspecified atom stereocenters. The number of carbonyl (C=O) groups excluding carboxylic acids is 1. The Morgan fingerprint density at radius 3 is 2.29 bits per heavy atom. The molecule has 2 amide bonds. The van der Waals surface area contributed by atoms with Gasteiger partial charge in [0.25, 0.3) is 0 Å². The largest absolute Gasteiger partial charge is 0.480 e. The predicted octanol–water partition coefficient (Wildman–Crippen LogP) is 4.41. The van der Waals surface area contributed by atoms with Crippen molar-refractivity contribution in [2.24, 2.45) is 0 Å². The average Bonchev–Trinajstić information content (AvgIpc) is 2.35. The van der Waals surface area contributed by atoms with Crippen LogP contribution in [0.25, 0.3) is 0 Å². The average molecular weight is 354 g/mol. The maximum atomic E-state index is 11.9. The van der Waals surface area contributed by atoms with Gasteiger partial charge in [-0.05, 0) is 25.5 Å². The Morgan fingerprint density at radius 2 is 1.76 bits per heavy atom. The van der Waals surface area contributed by atoms with Gasteiger partial charge in [-0.1, -0.05) is 48.1 Å². The summed E-state index contributed by atoms with van der Waals surface area (Å²) in [5.41, 5.74) is -1.12. The number of carbonyl (C=O) groups is 2. The van der Waals surface area contributed by atoms with E-state index in [1.807, 2.05) is 6.92 Å². The van der Waals surface area contributed by atoms with Crippen molar-refractivity contribution in [3.05, 3.63) is 27.2 Å². The van der Waals surface area contributed by atoms with Gasteiger partial charge in [0.15, 0.2) is 0 Å². The molecule has 0 aromatic heterocycles. The van der Waals surface area contributed by atoms with Crippen LogP contribution in [0.3, 0.4) is 0 Å². The summed E-state index contributed by atoms with van der Waals surface area (Å²) in [6.07, 6.45) is 0.904. The van der Waals surface area contributed by atoms with Crippen LogP contribution in [-0.4, -0.2) is 22.6 Å². The minimum Gasteiger partial charge on any atom is -0.480 e. The number of rotatable bonds is 5. The van der Waals surface area contributed by atoms with Gasteiger partial charge < -0.3 is 15.7 Å². The van der Waals surface area contributed by atoms with E-state index in [-0.39, 0.29) is 20.8 Å². The molecule has 8 heteroatoms. The highest BCUT2D eigenvalue weighted by Crippen LogP contribution is 2.32. The van der Waals surface area contributed by atoms with Crippen LogP contribution in [0.5, 0.6) is 0 Å². The normalized spacial score (nSPS) is 13.4. The fourth-order valence-electron chi connectivity index (χ4n) is 1.75. The zero-order valence-corrected chi connectivity index (χ0v) is 13.7. The van der Waals surface area contributed by atoms with Crippen molar-refractivity contribution in [2.75, 3.05) is 5.32 Å². The van der Waals surface area contributed by atoms with Crippen molar-refractivity contribution in [3.63, 3.8) is 0 Å². The molecular formula is C13H15Cl3N2O3. The minimum absolute atomic E-state index is 0.201. The number of amides is 2. The Hall–Kier alpha value is -1.17. The molecule has 0 saturated heterocycles. The van der Waals surface area contributed by atoms with Crippen LogP contribution in [0.2, 0.25) is 15.1 Å². The van der Waals surface area contributed by atoms with E-state index >= 15 is 0 Å². The van der Waals surface area contributed by atoms with E-state index in [9.17, 15) is 14.7 Å². The second-order valence-corrected chi connectivity index (χ2v) is 5.93. The van der Waals surface area contributed by atoms with Crippen molar-refractivity contribution < 1.29 is 14.7 Å². The lowest BCUT2D eigenvalue weighted by Crippen LogP contribution is -2.53. The molecule has 1 atom stereocenters. The Bertz CT molecular complexity index is 566. The molecule has 1 rings (SSSR count). The quantitative estimate of drug-likeness (QED) is 0.686. The number of carboxylic acid groups (broad SMARTS) is 1. The molecule has 0 saturated carbocycles. The summed E-state index contributed by atoms with van der Waals surface area (Å²) in [6.45, 7) is 3.27. The molecular weight excluding hydrogens is 339 g/mol. The SMILES string of the molecule is CCCC(C)(NC(=O)Nc1cc(Cl)c(Cl)cc1Cl)C(=O)O. The second kappa shape index (κ2) is 7.20. The van der Waals surface area contributed by atoms with Gasteiger partial charge in [-0.25, -0.2) is 9.59 Å². The van der Waals surface area contributed by atoms with Crippen LogP contribution in [0, 0.1) is 0 Å². The molecule has 1 aromatic rings. The number of aliphatic carboxylic acids is 1. The lowest BCUT2D eigenvalue weighted by atomic mass is 9.97. The third-order valence-electron chi connectivity index (χ3n) is 2.87. The van der Waals surface area contributed by atoms with Crippen molar-refractivity contribution in [3.8, 4) is 0 Å². The van der Waals surface area contributed by atoms with E-state index in [2.05, 4.69) is 10.6 Å². The summed E-state index contributed by atoms with van der Waals surface area (Å²) in [6, 6.07) is 2.10. The van der Waals surface area contributed by atoms with Crippen LogP contribution in [-0.2, 0) is 4.79 Å². The molecule has 116 valence electrons. The number of urea groups is 1. The van der Waals surface area contributed by atoms with Crippen molar-refractivity contribution >= 4 is 52.5 Å². The van der Waals surface area contributed by atoms with Crippen LogP contribution < -0.4 is 10.6 Å². The summed E-state index contributed by atoms with van der Waals surface area (Å²) >= 11 is 17.6. The van der Waals surface area contributed by atoms with Gasteiger partial charge in [0.1, 0.15) is 5.54 Å². The number of anilines is 1. The third kappa shape index (κ3) is 4.66. The molecule has 0 aliphatic heterocycles. The molecule has 5 nitrogen and oxygen atoms in total. The fraction of sp³-hybridized carbons (Fsp3) is 0.385. The Morgan fingerprint density at radius 1 is 1.19 bits per heavy atom.